The molecule has 1 amide bonds. The molecule has 0 N–H and O–H groups in total. The first-order chi connectivity index (χ1) is 15.3. The molecule has 32 heavy (non-hydrogen) atoms. The number of ether oxygens (including phenoxy) is 1. The number of hydrogen-bond donors (Lipinski definition) is 0. The average molecular weight is 459 g/mol. The lowest BCUT2D eigenvalue weighted by molar-refractivity contribution is 0.0670. The molecule has 0 aliphatic carbocycles. The third-order valence-electron chi connectivity index (χ3n) is 5.33. The number of halogens is 1. The van der Waals surface area contributed by atoms with E-state index in [1.807, 2.05) is 6.92 Å². The van der Waals surface area contributed by atoms with Crippen LogP contribution in [0.2, 0.25) is 0 Å². The monoisotopic (exact) mass is 458 g/mol. The molecule has 168 valence electrons. The second-order valence-corrected chi connectivity index (χ2v) is 9.88. The van der Waals surface area contributed by atoms with E-state index in [9.17, 15) is 17.6 Å². The number of nitrogens with zero attached hydrogens (tertiary/aromatic N) is 2. The zero-order valence-corrected chi connectivity index (χ0v) is 18.3. The number of amides is 1. The summed E-state index contributed by atoms with van der Waals surface area (Å²) in [7, 11) is -3.23. The standard InChI is InChI=1S/C23H23FN2O5S/c1-2-30-20-8-6-17(7-9-20)22-13-21(25-31-22)23(27)26(19-10-11-32(28,29)15-19)14-16-4-3-5-18(24)12-16/h3-9,12-13,19H,2,10-11,14-15H2,1H3/t19-/m0/s1. The van der Waals surface area contributed by atoms with E-state index < -0.39 is 27.6 Å². The maximum atomic E-state index is 13.7. The van der Waals surface area contributed by atoms with Crippen LogP contribution in [0.1, 0.15) is 29.4 Å². The molecule has 9 heteroatoms. The fraction of sp³-hybridized carbons (Fsp3) is 0.304. The van der Waals surface area contributed by atoms with E-state index in [4.69, 9.17) is 9.26 Å². The van der Waals surface area contributed by atoms with E-state index >= 15 is 0 Å². The van der Waals surface area contributed by atoms with Crippen molar-refractivity contribution in [2.75, 3.05) is 18.1 Å². The van der Waals surface area contributed by atoms with Crippen LogP contribution in [0.25, 0.3) is 11.3 Å². The SMILES string of the molecule is CCOc1ccc(-c2cc(C(=O)N(Cc3cccc(F)c3)[C@H]3CCS(=O)(=O)C3)no2)cc1. The first-order valence-electron chi connectivity index (χ1n) is 10.3. The van der Waals surface area contributed by atoms with E-state index in [2.05, 4.69) is 5.16 Å². The van der Waals surface area contributed by atoms with Crippen LogP contribution in [-0.4, -0.2) is 48.5 Å². The first kappa shape index (κ1) is 22.0. The summed E-state index contributed by atoms with van der Waals surface area (Å²) in [6, 6.07) is 14.1. The second-order valence-electron chi connectivity index (χ2n) is 7.65. The summed E-state index contributed by atoms with van der Waals surface area (Å²) in [5, 5.41) is 3.92. The Hall–Kier alpha value is -3.20. The highest BCUT2D eigenvalue weighted by atomic mass is 32.2. The number of aromatic nitrogens is 1. The van der Waals surface area contributed by atoms with Crippen LogP contribution in [0.15, 0.2) is 59.1 Å². The van der Waals surface area contributed by atoms with E-state index in [0.717, 1.165) is 11.3 Å². The van der Waals surface area contributed by atoms with Gasteiger partial charge in [0, 0.05) is 24.2 Å². The number of carbonyl (C=O) groups excluding carboxylic acids is 1. The minimum Gasteiger partial charge on any atom is -0.494 e. The Labute approximate surface area is 185 Å². The lowest BCUT2D eigenvalue weighted by Gasteiger charge is -2.27. The normalized spacial score (nSPS) is 17.2. The molecule has 0 spiro atoms. The van der Waals surface area contributed by atoms with E-state index in [1.165, 1.54) is 23.1 Å². The Balaban J connectivity index is 1.59. The number of rotatable bonds is 7. The average Bonchev–Trinajstić information content (AvgIpc) is 3.39. The van der Waals surface area contributed by atoms with Gasteiger partial charge >= 0.3 is 0 Å². The molecule has 1 aromatic heterocycles. The molecule has 1 aliphatic rings. The Kier molecular flexibility index (Phi) is 6.27. The minimum absolute atomic E-state index is 0.0147. The first-order valence-corrected chi connectivity index (χ1v) is 12.1. The van der Waals surface area contributed by atoms with E-state index in [-0.39, 0.29) is 23.7 Å². The van der Waals surface area contributed by atoms with Crippen LogP contribution in [0, 0.1) is 5.82 Å². The molecule has 1 fully saturated rings. The minimum atomic E-state index is -3.23. The third-order valence-corrected chi connectivity index (χ3v) is 7.08. The Morgan fingerprint density at radius 3 is 2.66 bits per heavy atom. The van der Waals surface area contributed by atoms with Gasteiger partial charge in [-0.2, -0.15) is 0 Å². The van der Waals surface area contributed by atoms with Crippen LogP contribution >= 0.6 is 0 Å². The Bertz CT molecular complexity index is 1210. The summed E-state index contributed by atoms with van der Waals surface area (Å²) < 4.78 is 48.5. The fourth-order valence-corrected chi connectivity index (χ4v) is 5.49. The van der Waals surface area contributed by atoms with Crippen molar-refractivity contribution < 1.29 is 26.9 Å². The topological polar surface area (TPSA) is 89.7 Å². The number of sulfone groups is 1. The molecular weight excluding hydrogens is 435 g/mol. The molecule has 7 nitrogen and oxygen atoms in total. The van der Waals surface area contributed by atoms with Gasteiger partial charge in [-0.25, -0.2) is 12.8 Å². The van der Waals surface area contributed by atoms with Crippen LogP contribution in [0.3, 0.4) is 0 Å². The van der Waals surface area contributed by atoms with Crippen molar-refractivity contribution in [2.24, 2.45) is 0 Å². The molecule has 2 heterocycles. The zero-order chi connectivity index (χ0) is 22.7. The number of carbonyl (C=O) groups is 1. The summed E-state index contributed by atoms with van der Waals surface area (Å²) in [6.07, 6.45) is 0.326. The predicted octanol–water partition coefficient (Wildman–Crippen LogP) is 3.71. The quantitative estimate of drug-likeness (QED) is 0.536. The third kappa shape index (κ3) is 4.99. The smallest absolute Gasteiger partial charge is 0.276 e. The Morgan fingerprint density at radius 2 is 2.00 bits per heavy atom. The molecule has 0 radical (unpaired) electrons. The summed E-state index contributed by atoms with van der Waals surface area (Å²) in [6.45, 7) is 2.52. The van der Waals surface area contributed by atoms with Gasteiger partial charge in [0.05, 0.1) is 18.1 Å². The number of benzene rings is 2. The van der Waals surface area contributed by atoms with Gasteiger partial charge in [-0.05, 0) is 55.3 Å². The Morgan fingerprint density at radius 1 is 1.22 bits per heavy atom. The highest BCUT2D eigenvalue weighted by Gasteiger charge is 2.36. The second kappa shape index (κ2) is 9.12. The van der Waals surface area contributed by atoms with Gasteiger partial charge in [0.15, 0.2) is 21.3 Å². The maximum absolute atomic E-state index is 13.7. The van der Waals surface area contributed by atoms with Crippen molar-refractivity contribution in [1.29, 1.82) is 0 Å². The molecule has 0 bridgehead atoms. The van der Waals surface area contributed by atoms with Gasteiger partial charge in [-0.15, -0.1) is 0 Å². The van der Waals surface area contributed by atoms with Crippen molar-refractivity contribution in [3.63, 3.8) is 0 Å². The van der Waals surface area contributed by atoms with Gasteiger partial charge in [0.1, 0.15) is 11.6 Å². The molecule has 2 aromatic carbocycles. The van der Waals surface area contributed by atoms with Crippen LogP contribution in [-0.2, 0) is 16.4 Å². The molecule has 0 saturated carbocycles. The molecule has 0 unspecified atom stereocenters. The van der Waals surface area contributed by atoms with Crippen LogP contribution in [0.5, 0.6) is 5.75 Å². The van der Waals surface area contributed by atoms with Crippen molar-refractivity contribution in [2.45, 2.75) is 25.9 Å². The van der Waals surface area contributed by atoms with E-state index in [1.54, 1.807) is 36.4 Å². The summed E-state index contributed by atoms with van der Waals surface area (Å²) >= 11 is 0. The fourth-order valence-electron chi connectivity index (χ4n) is 3.76. The van der Waals surface area contributed by atoms with Crippen LogP contribution in [0.4, 0.5) is 4.39 Å². The van der Waals surface area contributed by atoms with Gasteiger partial charge < -0.3 is 14.2 Å². The van der Waals surface area contributed by atoms with Crippen molar-refractivity contribution in [1.82, 2.24) is 10.1 Å². The highest BCUT2D eigenvalue weighted by molar-refractivity contribution is 7.91. The van der Waals surface area contributed by atoms with Crippen LogP contribution < -0.4 is 4.74 Å². The lowest BCUT2D eigenvalue weighted by atomic mass is 10.1. The van der Waals surface area contributed by atoms with Gasteiger partial charge in [-0.1, -0.05) is 17.3 Å². The molecular formula is C23H23FN2O5S. The molecule has 1 saturated heterocycles. The molecule has 1 aliphatic heterocycles. The molecule has 1 atom stereocenters. The number of hydrogen-bond acceptors (Lipinski definition) is 6. The zero-order valence-electron chi connectivity index (χ0n) is 17.5. The maximum Gasteiger partial charge on any atom is 0.276 e. The van der Waals surface area contributed by atoms with Crippen molar-refractivity contribution in [3.05, 3.63) is 71.7 Å². The van der Waals surface area contributed by atoms with Crippen molar-refractivity contribution in [3.8, 4) is 17.1 Å². The predicted molar refractivity (Wildman–Crippen MR) is 116 cm³/mol. The molecule has 4 rings (SSSR count). The summed E-state index contributed by atoms with van der Waals surface area (Å²) in [4.78, 5) is 14.8. The van der Waals surface area contributed by atoms with Crippen molar-refractivity contribution >= 4 is 15.7 Å². The largest absolute Gasteiger partial charge is 0.494 e. The van der Waals surface area contributed by atoms with Gasteiger partial charge in [-0.3, -0.25) is 4.79 Å². The highest BCUT2D eigenvalue weighted by Crippen LogP contribution is 2.26. The molecule has 3 aromatic rings. The van der Waals surface area contributed by atoms with Gasteiger partial charge in [0.2, 0.25) is 0 Å². The van der Waals surface area contributed by atoms with E-state index in [0.29, 0.717) is 24.4 Å². The summed E-state index contributed by atoms with van der Waals surface area (Å²) in [5.74, 6) is 0.126. The lowest BCUT2D eigenvalue weighted by Crippen LogP contribution is -2.40. The summed E-state index contributed by atoms with van der Waals surface area (Å²) in [5.41, 5.74) is 1.35. The van der Waals surface area contributed by atoms with Gasteiger partial charge in [0.25, 0.3) is 5.91 Å².